The van der Waals surface area contributed by atoms with Gasteiger partial charge < -0.3 is 8.83 Å². The highest BCUT2D eigenvalue weighted by atomic mass is 16.3. The Hall–Kier alpha value is -4.81. The van der Waals surface area contributed by atoms with Gasteiger partial charge in [0, 0.05) is 21.5 Å². The smallest absolute Gasteiger partial charge is 0.135 e. The summed E-state index contributed by atoms with van der Waals surface area (Å²) in [7, 11) is 0. The Morgan fingerprint density at radius 1 is 0.441 bits per heavy atom. The minimum Gasteiger partial charge on any atom is -0.456 e. The molecule has 0 saturated carbocycles. The third-order valence-electron chi connectivity index (χ3n) is 6.48. The molecule has 3 heteroatoms. The van der Waals surface area contributed by atoms with Crippen LogP contribution in [-0.2, 0) is 0 Å². The first-order valence-electron chi connectivity index (χ1n) is 11.2. The molecule has 34 heavy (non-hydrogen) atoms. The lowest BCUT2D eigenvalue weighted by molar-refractivity contribution is 0.668. The highest BCUT2D eigenvalue weighted by molar-refractivity contribution is 6.07. The van der Waals surface area contributed by atoms with Crippen LogP contribution in [0.25, 0.3) is 66.1 Å². The topological polar surface area (TPSA) is 50.1 Å². The summed E-state index contributed by atoms with van der Waals surface area (Å²) in [6, 6.07) is 36.9. The van der Waals surface area contributed by atoms with Gasteiger partial charge in [0.15, 0.2) is 0 Å². The SMILES string of the molecule is N#Cc1cc(-c2ccc3oc4ccccc4c3c2)cc(-c2ccc3oc4ccccc4c3c2)c1. The molecule has 2 heterocycles. The number of para-hydroxylation sites is 2. The number of hydrogen-bond donors (Lipinski definition) is 0. The molecule has 0 fully saturated rings. The van der Waals surface area contributed by atoms with E-state index in [1.807, 2.05) is 60.7 Å². The van der Waals surface area contributed by atoms with Gasteiger partial charge in [0.1, 0.15) is 22.3 Å². The fraction of sp³-hybridized carbons (Fsp3) is 0. The maximum absolute atomic E-state index is 9.76. The summed E-state index contributed by atoms with van der Waals surface area (Å²) in [6.45, 7) is 0. The molecule has 0 atom stereocenters. The molecule has 0 N–H and O–H groups in total. The van der Waals surface area contributed by atoms with Crippen LogP contribution >= 0.6 is 0 Å². The van der Waals surface area contributed by atoms with Crippen molar-refractivity contribution in [1.82, 2.24) is 0 Å². The van der Waals surface area contributed by atoms with Crippen LogP contribution in [0.3, 0.4) is 0 Å². The second-order valence-corrected chi connectivity index (χ2v) is 8.53. The summed E-state index contributed by atoms with van der Waals surface area (Å²) in [5.74, 6) is 0. The number of benzene rings is 5. The average Bonchev–Trinajstić information content (AvgIpc) is 3.45. The zero-order valence-electron chi connectivity index (χ0n) is 18.1. The quantitative estimate of drug-likeness (QED) is 0.273. The Bertz CT molecular complexity index is 1800. The van der Waals surface area contributed by atoms with Crippen LogP contribution in [0.4, 0.5) is 0 Å². The molecule has 3 nitrogen and oxygen atoms in total. The van der Waals surface area contributed by atoms with Crippen LogP contribution in [0, 0.1) is 11.3 Å². The standard InChI is InChI=1S/C31H17NO2/c32-18-19-13-22(20-9-11-30-26(16-20)24-5-1-3-7-28(24)33-30)15-23(14-19)21-10-12-31-27(17-21)25-6-2-4-8-29(25)34-31/h1-17H. The molecule has 0 bridgehead atoms. The van der Waals surface area contributed by atoms with Crippen LogP contribution in [0.1, 0.15) is 5.56 Å². The molecule has 0 aliphatic rings. The van der Waals surface area contributed by atoms with Crippen molar-refractivity contribution in [2.75, 3.05) is 0 Å². The molecule has 0 aliphatic carbocycles. The van der Waals surface area contributed by atoms with Crippen molar-refractivity contribution in [2.24, 2.45) is 0 Å². The van der Waals surface area contributed by atoms with Gasteiger partial charge in [-0.05, 0) is 76.9 Å². The second-order valence-electron chi connectivity index (χ2n) is 8.53. The van der Waals surface area contributed by atoms with Gasteiger partial charge in [0.05, 0.1) is 11.6 Å². The van der Waals surface area contributed by atoms with Crippen LogP contribution in [0.5, 0.6) is 0 Å². The molecule has 0 saturated heterocycles. The normalized spacial score (nSPS) is 11.5. The van der Waals surface area contributed by atoms with Crippen LogP contribution < -0.4 is 0 Å². The zero-order chi connectivity index (χ0) is 22.6. The van der Waals surface area contributed by atoms with Gasteiger partial charge in [0.25, 0.3) is 0 Å². The minimum atomic E-state index is 0.627. The predicted molar refractivity (Wildman–Crippen MR) is 137 cm³/mol. The third kappa shape index (κ3) is 2.83. The summed E-state index contributed by atoms with van der Waals surface area (Å²) in [4.78, 5) is 0. The van der Waals surface area contributed by atoms with Crippen molar-refractivity contribution in [2.45, 2.75) is 0 Å². The second kappa shape index (κ2) is 7.10. The van der Waals surface area contributed by atoms with Crippen molar-refractivity contribution in [3.05, 3.63) is 109 Å². The maximum atomic E-state index is 9.76. The summed E-state index contributed by atoms with van der Waals surface area (Å²) in [5.41, 5.74) is 8.19. The largest absolute Gasteiger partial charge is 0.456 e. The highest BCUT2D eigenvalue weighted by Gasteiger charge is 2.12. The van der Waals surface area contributed by atoms with Crippen molar-refractivity contribution in [1.29, 1.82) is 5.26 Å². The fourth-order valence-electron chi connectivity index (χ4n) is 4.84. The van der Waals surface area contributed by atoms with Crippen LogP contribution in [-0.4, -0.2) is 0 Å². The van der Waals surface area contributed by atoms with Crippen molar-refractivity contribution < 1.29 is 8.83 Å². The van der Waals surface area contributed by atoms with Gasteiger partial charge in [0.2, 0.25) is 0 Å². The van der Waals surface area contributed by atoms with Gasteiger partial charge in [-0.25, -0.2) is 0 Å². The zero-order valence-corrected chi connectivity index (χ0v) is 18.1. The van der Waals surface area contributed by atoms with E-state index in [-0.39, 0.29) is 0 Å². The minimum absolute atomic E-state index is 0.627. The van der Waals surface area contributed by atoms with Gasteiger partial charge in [-0.1, -0.05) is 48.5 Å². The van der Waals surface area contributed by atoms with Gasteiger partial charge in [-0.15, -0.1) is 0 Å². The highest BCUT2D eigenvalue weighted by Crippen LogP contribution is 2.36. The predicted octanol–water partition coefficient (Wildman–Crippen LogP) is 8.69. The van der Waals surface area contributed by atoms with Gasteiger partial charge in [-0.3, -0.25) is 0 Å². The van der Waals surface area contributed by atoms with Crippen LogP contribution in [0.15, 0.2) is 112 Å². The van der Waals surface area contributed by atoms with Gasteiger partial charge >= 0.3 is 0 Å². The molecule has 2 aromatic heterocycles. The molecule has 0 aliphatic heterocycles. The molecule has 0 amide bonds. The lowest BCUT2D eigenvalue weighted by Gasteiger charge is -2.08. The van der Waals surface area contributed by atoms with E-state index < -0.39 is 0 Å². The fourth-order valence-corrected chi connectivity index (χ4v) is 4.84. The molecular formula is C31H17NO2. The molecule has 7 rings (SSSR count). The average molecular weight is 435 g/mol. The van der Waals surface area contributed by atoms with E-state index >= 15 is 0 Å². The first-order valence-corrected chi connectivity index (χ1v) is 11.2. The summed E-state index contributed by atoms with van der Waals surface area (Å²) >= 11 is 0. The van der Waals surface area contributed by atoms with E-state index in [2.05, 4.69) is 48.5 Å². The van der Waals surface area contributed by atoms with Crippen molar-refractivity contribution in [3.8, 4) is 28.3 Å². The molecule has 0 unspecified atom stereocenters. The number of rotatable bonds is 2. The third-order valence-corrected chi connectivity index (χ3v) is 6.48. The lowest BCUT2D eigenvalue weighted by Crippen LogP contribution is -1.86. The summed E-state index contributed by atoms with van der Waals surface area (Å²) < 4.78 is 12.0. The molecule has 0 radical (unpaired) electrons. The Balaban J connectivity index is 1.41. The van der Waals surface area contributed by atoms with Crippen LogP contribution in [0.2, 0.25) is 0 Å². The van der Waals surface area contributed by atoms with E-state index in [4.69, 9.17) is 8.83 Å². The first kappa shape index (κ1) is 18.7. The van der Waals surface area contributed by atoms with E-state index in [9.17, 15) is 5.26 Å². The Morgan fingerprint density at radius 2 is 0.912 bits per heavy atom. The summed E-state index contributed by atoms with van der Waals surface area (Å²) in [5, 5.41) is 14.1. The van der Waals surface area contributed by atoms with Crippen molar-refractivity contribution in [3.63, 3.8) is 0 Å². The van der Waals surface area contributed by atoms with E-state index in [0.29, 0.717) is 5.56 Å². The van der Waals surface area contributed by atoms with Crippen molar-refractivity contribution >= 4 is 43.9 Å². The Morgan fingerprint density at radius 3 is 1.41 bits per heavy atom. The molecule has 158 valence electrons. The lowest BCUT2D eigenvalue weighted by atomic mass is 9.95. The Kier molecular flexibility index (Phi) is 3.91. The van der Waals surface area contributed by atoms with Gasteiger partial charge in [-0.2, -0.15) is 5.26 Å². The molecule has 0 spiro atoms. The monoisotopic (exact) mass is 435 g/mol. The molecule has 7 aromatic rings. The number of nitrogens with zero attached hydrogens (tertiary/aromatic N) is 1. The number of furan rings is 2. The number of nitriles is 1. The first-order chi connectivity index (χ1) is 16.8. The molecular weight excluding hydrogens is 418 g/mol. The summed E-state index contributed by atoms with van der Waals surface area (Å²) in [6.07, 6.45) is 0. The maximum Gasteiger partial charge on any atom is 0.135 e. The van der Waals surface area contributed by atoms with E-state index in [1.165, 1.54) is 0 Å². The molecule has 5 aromatic carbocycles. The Labute approximate surface area is 195 Å². The van der Waals surface area contributed by atoms with E-state index in [0.717, 1.165) is 66.1 Å². The number of fused-ring (bicyclic) bond motifs is 6. The number of hydrogen-bond acceptors (Lipinski definition) is 3. The van der Waals surface area contributed by atoms with E-state index in [1.54, 1.807) is 0 Å².